The number of hydrogen-bond acceptors (Lipinski definition) is 8. The summed E-state index contributed by atoms with van der Waals surface area (Å²) < 4.78 is 9.99. The Kier molecular flexibility index (Phi) is 4.91. The van der Waals surface area contributed by atoms with Crippen LogP contribution in [0.25, 0.3) is 0 Å². The number of carbonyl (C=O) groups excluding carboxylic acids is 3. The van der Waals surface area contributed by atoms with Crippen LogP contribution in [0.1, 0.15) is 41.5 Å². The van der Waals surface area contributed by atoms with Crippen molar-refractivity contribution in [2.24, 2.45) is 0 Å². The number of thioether (sulfide) groups is 1. The lowest BCUT2D eigenvalue weighted by Gasteiger charge is -2.39. The van der Waals surface area contributed by atoms with E-state index in [0.29, 0.717) is 0 Å². The van der Waals surface area contributed by atoms with Crippen LogP contribution in [0.3, 0.4) is 0 Å². The second-order valence-electron chi connectivity index (χ2n) is 8.54. The zero-order valence-electron chi connectivity index (χ0n) is 16.7. The standard InChI is InChI=1S/C20H22N2O7S/c1-19(2,3)29-18(27)12(14-21-13(17(25)26)20(30-14)8-28-9-20)22-15(23)10-6-4-5-7-11(10)16(22)24/h4-7,12-14,21H,8-9H2,1-3H3,(H,25,26). The van der Waals surface area contributed by atoms with Crippen molar-refractivity contribution in [1.82, 2.24) is 10.2 Å². The van der Waals surface area contributed by atoms with Gasteiger partial charge in [0.1, 0.15) is 11.6 Å². The molecule has 2 amide bonds. The first kappa shape index (κ1) is 20.8. The summed E-state index contributed by atoms with van der Waals surface area (Å²) in [7, 11) is 0. The van der Waals surface area contributed by atoms with Gasteiger partial charge in [-0.1, -0.05) is 12.1 Å². The molecule has 2 N–H and O–H groups in total. The number of carbonyl (C=O) groups is 4. The van der Waals surface area contributed by atoms with Crippen LogP contribution < -0.4 is 5.32 Å². The summed E-state index contributed by atoms with van der Waals surface area (Å²) in [6.45, 7) is 5.44. The molecule has 3 heterocycles. The molecule has 3 aliphatic rings. The lowest BCUT2D eigenvalue weighted by atomic mass is 9.97. The molecule has 1 spiro atoms. The molecular formula is C20H22N2O7S. The number of rotatable bonds is 4. The number of fused-ring (bicyclic) bond motifs is 1. The van der Waals surface area contributed by atoms with Crippen molar-refractivity contribution in [2.75, 3.05) is 13.2 Å². The van der Waals surface area contributed by atoms with Gasteiger partial charge in [-0.25, -0.2) is 4.79 Å². The number of ether oxygens (including phenoxy) is 2. The highest BCUT2D eigenvalue weighted by Gasteiger charge is 2.61. The molecule has 0 bridgehead atoms. The van der Waals surface area contributed by atoms with Crippen LogP contribution in [0, 0.1) is 0 Å². The van der Waals surface area contributed by atoms with Crippen molar-refractivity contribution in [3.63, 3.8) is 0 Å². The summed E-state index contributed by atoms with van der Waals surface area (Å²) in [6.07, 6.45) is 0. The Labute approximate surface area is 177 Å². The molecule has 160 valence electrons. The first-order valence-corrected chi connectivity index (χ1v) is 10.4. The van der Waals surface area contributed by atoms with Gasteiger partial charge in [0.2, 0.25) is 0 Å². The molecule has 0 radical (unpaired) electrons. The Morgan fingerprint density at radius 2 is 1.80 bits per heavy atom. The zero-order valence-corrected chi connectivity index (χ0v) is 17.5. The van der Waals surface area contributed by atoms with Gasteiger partial charge in [0.05, 0.1) is 34.5 Å². The first-order chi connectivity index (χ1) is 14.0. The fraction of sp³-hybridized carbons (Fsp3) is 0.500. The number of amides is 2. The Morgan fingerprint density at radius 3 is 2.20 bits per heavy atom. The van der Waals surface area contributed by atoms with E-state index < -0.39 is 51.6 Å². The maximum atomic E-state index is 13.2. The number of carboxylic acid groups (broad SMARTS) is 1. The van der Waals surface area contributed by atoms with Crippen molar-refractivity contribution in [3.05, 3.63) is 35.4 Å². The average Bonchev–Trinajstić information content (AvgIpc) is 3.14. The van der Waals surface area contributed by atoms with Crippen molar-refractivity contribution in [2.45, 2.75) is 48.6 Å². The van der Waals surface area contributed by atoms with Gasteiger partial charge in [0, 0.05) is 0 Å². The molecule has 9 nitrogen and oxygen atoms in total. The summed E-state index contributed by atoms with van der Waals surface area (Å²) >= 11 is 1.20. The zero-order chi connectivity index (χ0) is 21.8. The normalized spacial score (nSPS) is 25.8. The molecule has 1 aromatic rings. The second-order valence-corrected chi connectivity index (χ2v) is 10.1. The van der Waals surface area contributed by atoms with Gasteiger partial charge in [0.25, 0.3) is 11.8 Å². The van der Waals surface area contributed by atoms with Crippen molar-refractivity contribution >= 4 is 35.5 Å². The predicted octanol–water partition coefficient (Wildman–Crippen LogP) is 0.878. The maximum Gasteiger partial charge on any atom is 0.332 e. The topological polar surface area (TPSA) is 122 Å². The Hall–Kier alpha value is -2.43. The number of aliphatic carboxylic acids is 1. The van der Waals surface area contributed by atoms with Gasteiger partial charge in [0.15, 0.2) is 6.04 Å². The smallest absolute Gasteiger partial charge is 0.332 e. The van der Waals surface area contributed by atoms with Crippen LogP contribution in [-0.4, -0.2) is 74.8 Å². The summed E-state index contributed by atoms with van der Waals surface area (Å²) in [5.74, 6) is -3.07. The molecule has 0 aliphatic carbocycles. The molecule has 2 saturated heterocycles. The third-order valence-electron chi connectivity index (χ3n) is 5.20. The number of hydrogen-bond donors (Lipinski definition) is 2. The van der Waals surface area contributed by atoms with E-state index in [1.807, 2.05) is 0 Å². The molecule has 1 aromatic carbocycles. The van der Waals surface area contributed by atoms with E-state index in [9.17, 15) is 24.3 Å². The summed E-state index contributed by atoms with van der Waals surface area (Å²) in [5.41, 5.74) is -0.452. The second kappa shape index (κ2) is 7.07. The number of nitrogens with zero attached hydrogens (tertiary/aromatic N) is 1. The van der Waals surface area contributed by atoms with Crippen LogP contribution in [0.5, 0.6) is 0 Å². The summed E-state index contributed by atoms with van der Waals surface area (Å²) in [6, 6.07) is 4.01. The van der Waals surface area contributed by atoms with E-state index in [0.717, 1.165) is 4.90 Å². The molecule has 2 fully saturated rings. The minimum Gasteiger partial charge on any atom is -0.480 e. The van der Waals surface area contributed by atoms with Gasteiger partial charge >= 0.3 is 11.9 Å². The lowest BCUT2D eigenvalue weighted by Crippen LogP contribution is -2.60. The average molecular weight is 434 g/mol. The van der Waals surface area contributed by atoms with E-state index in [1.165, 1.54) is 23.9 Å². The van der Waals surface area contributed by atoms with Crippen LogP contribution in [0.4, 0.5) is 0 Å². The summed E-state index contributed by atoms with van der Waals surface area (Å²) in [4.78, 5) is 52.0. The Morgan fingerprint density at radius 1 is 1.23 bits per heavy atom. The van der Waals surface area contributed by atoms with Gasteiger partial charge < -0.3 is 14.6 Å². The number of benzene rings is 1. The van der Waals surface area contributed by atoms with E-state index in [4.69, 9.17) is 9.47 Å². The van der Waals surface area contributed by atoms with Crippen LogP contribution >= 0.6 is 11.8 Å². The van der Waals surface area contributed by atoms with E-state index in [2.05, 4.69) is 5.32 Å². The van der Waals surface area contributed by atoms with Gasteiger partial charge in [-0.05, 0) is 32.9 Å². The number of esters is 1. The molecule has 10 heteroatoms. The molecular weight excluding hydrogens is 412 g/mol. The van der Waals surface area contributed by atoms with Crippen LogP contribution in [0.2, 0.25) is 0 Å². The minimum absolute atomic E-state index is 0.196. The van der Waals surface area contributed by atoms with E-state index >= 15 is 0 Å². The highest BCUT2D eigenvalue weighted by molar-refractivity contribution is 8.01. The quantitative estimate of drug-likeness (QED) is 0.525. The van der Waals surface area contributed by atoms with E-state index in [-0.39, 0.29) is 24.3 Å². The molecule has 3 aliphatic heterocycles. The minimum atomic E-state index is -1.33. The van der Waals surface area contributed by atoms with E-state index in [1.54, 1.807) is 32.9 Å². The molecule has 30 heavy (non-hydrogen) atoms. The summed E-state index contributed by atoms with van der Waals surface area (Å²) in [5, 5.41) is 11.7. The van der Waals surface area contributed by atoms with Gasteiger partial charge in [-0.15, -0.1) is 11.8 Å². The monoisotopic (exact) mass is 434 g/mol. The third kappa shape index (κ3) is 3.28. The lowest BCUT2D eigenvalue weighted by molar-refractivity contribution is -0.160. The fourth-order valence-corrected chi connectivity index (χ4v) is 5.53. The van der Waals surface area contributed by atoms with Gasteiger partial charge in [-0.3, -0.25) is 24.6 Å². The number of imide groups is 1. The molecule has 0 saturated carbocycles. The van der Waals surface area contributed by atoms with Crippen LogP contribution in [0.15, 0.2) is 24.3 Å². The number of nitrogens with one attached hydrogen (secondary N) is 1. The highest BCUT2D eigenvalue weighted by atomic mass is 32.2. The molecule has 3 unspecified atom stereocenters. The highest BCUT2D eigenvalue weighted by Crippen LogP contribution is 2.46. The first-order valence-electron chi connectivity index (χ1n) is 9.48. The Balaban J connectivity index is 1.72. The fourth-order valence-electron chi connectivity index (χ4n) is 3.85. The predicted molar refractivity (Wildman–Crippen MR) is 106 cm³/mol. The molecule has 3 atom stereocenters. The van der Waals surface area contributed by atoms with Crippen LogP contribution in [-0.2, 0) is 19.1 Å². The Bertz CT molecular complexity index is 902. The van der Waals surface area contributed by atoms with Crippen molar-refractivity contribution in [3.8, 4) is 0 Å². The van der Waals surface area contributed by atoms with Crippen molar-refractivity contribution < 1.29 is 33.8 Å². The third-order valence-corrected chi connectivity index (χ3v) is 6.79. The largest absolute Gasteiger partial charge is 0.480 e. The molecule has 0 aromatic heterocycles. The maximum absolute atomic E-state index is 13.2. The SMILES string of the molecule is CC(C)(C)OC(=O)C(C1NC(C(=O)O)C2(COC2)S1)N1C(=O)c2ccccc2C1=O. The molecule has 4 rings (SSSR count). The van der Waals surface area contributed by atoms with Gasteiger partial charge in [-0.2, -0.15) is 0 Å². The van der Waals surface area contributed by atoms with Crippen molar-refractivity contribution in [1.29, 1.82) is 0 Å². The number of carboxylic acids is 1.